The molecule has 0 saturated carbocycles. The van der Waals surface area contributed by atoms with Crippen LogP contribution in [0.3, 0.4) is 0 Å². The molecule has 1 fully saturated rings. The van der Waals surface area contributed by atoms with Gasteiger partial charge >= 0.3 is 6.18 Å². The SMILES string of the molecule is O=C(Cn1cnc2ccsc2c1=O)N1CCC[C@H](C(F)(F)F)C1. The van der Waals surface area contributed by atoms with Crippen molar-refractivity contribution in [2.24, 2.45) is 5.92 Å². The summed E-state index contributed by atoms with van der Waals surface area (Å²) in [5.41, 5.74) is 0.210. The molecule has 0 unspecified atom stereocenters. The zero-order chi connectivity index (χ0) is 16.6. The lowest BCUT2D eigenvalue weighted by Gasteiger charge is -2.33. The van der Waals surface area contributed by atoms with E-state index in [0.717, 1.165) is 4.57 Å². The Kier molecular flexibility index (Phi) is 4.13. The number of likely N-dealkylation sites (tertiary alicyclic amines) is 1. The smallest absolute Gasteiger partial charge is 0.341 e. The lowest BCUT2D eigenvalue weighted by Crippen LogP contribution is -2.46. The fraction of sp³-hybridized carbons (Fsp3) is 0.500. The number of amides is 1. The van der Waals surface area contributed by atoms with Gasteiger partial charge < -0.3 is 4.90 Å². The first-order valence-corrected chi connectivity index (χ1v) is 8.01. The average molecular weight is 345 g/mol. The molecule has 0 spiro atoms. The number of hydrogen-bond donors (Lipinski definition) is 0. The van der Waals surface area contributed by atoms with E-state index in [9.17, 15) is 22.8 Å². The second-order valence-electron chi connectivity index (χ2n) is 5.53. The van der Waals surface area contributed by atoms with Gasteiger partial charge in [0.1, 0.15) is 11.2 Å². The molecule has 9 heteroatoms. The van der Waals surface area contributed by atoms with Gasteiger partial charge in [0.15, 0.2) is 0 Å². The molecule has 3 rings (SSSR count). The molecule has 5 nitrogen and oxygen atoms in total. The third-order valence-electron chi connectivity index (χ3n) is 3.98. The van der Waals surface area contributed by atoms with E-state index >= 15 is 0 Å². The number of thiophene rings is 1. The number of hydrogen-bond acceptors (Lipinski definition) is 4. The van der Waals surface area contributed by atoms with Crippen molar-refractivity contribution < 1.29 is 18.0 Å². The standard InChI is InChI=1S/C14H14F3N3O2S/c15-14(16,17)9-2-1-4-19(6-9)11(21)7-20-8-18-10-3-5-23-12(10)13(20)22/h3,5,8-9H,1-2,4,6-7H2/t9-/m0/s1. The number of alkyl halides is 3. The lowest BCUT2D eigenvalue weighted by atomic mass is 9.97. The highest BCUT2D eigenvalue weighted by Gasteiger charge is 2.42. The molecular formula is C14H14F3N3O2S. The van der Waals surface area contributed by atoms with Crippen LogP contribution in [0.25, 0.3) is 10.2 Å². The molecule has 1 amide bonds. The Hall–Kier alpha value is -1.90. The first-order valence-electron chi connectivity index (χ1n) is 7.13. The Labute approximate surface area is 133 Å². The molecule has 0 bridgehead atoms. The molecule has 2 aromatic heterocycles. The predicted octanol–water partition coefficient (Wildman–Crippen LogP) is 2.26. The predicted molar refractivity (Wildman–Crippen MR) is 79.2 cm³/mol. The molecule has 124 valence electrons. The highest BCUT2D eigenvalue weighted by Crippen LogP contribution is 2.33. The maximum absolute atomic E-state index is 12.8. The molecular weight excluding hydrogens is 331 g/mol. The number of fused-ring (bicyclic) bond motifs is 1. The Bertz CT molecular complexity index is 783. The summed E-state index contributed by atoms with van der Waals surface area (Å²) in [7, 11) is 0. The minimum atomic E-state index is -4.30. The molecule has 0 aromatic carbocycles. The van der Waals surface area contributed by atoms with Crippen LogP contribution in [0, 0.1) is 5.92 Å². The first kappa shape index (κ1) is 16.0. The topological polar surface area (TPSA) is 55.2 Å². The van der Waals surface area contributed by atoms with Crippen molar-refractivity contribution in [3.8, 4) is 0 Å². The Morgan fingerprint density at radius 3 is 2.96 bits per heavy atom. The molecule has 1 aliphatic heterocycles. The number of halogens is 3. The molecule has 1 saturated heterocycles. The van der Waals surface area contributed by atoms with Crippen LogP contribution >= 0.6 is 11.3 Å². The average Bonchev–Trinajstić information content (AvgIpc) is 2.99. The van der Waals surface area contributed by atoms with Crippen LogP contribution in [0.4, 0.5) is 13.2 Å². The van der Waals surface area contributed by atoms with Crippen molar-refractivity contribution in [1.82, 2.24) is 14.5 Å². The monoisotopic (exact) mass is 345 g/mol. The van der Waals surface area contributed by atoms with E-state index in [2.05, 4.69) is 4.98 Å². The molecule has 1 atom stereocenters. The van der Waals surface area contributed by atoms with E-state index in [0.29, 0.717) is 16.6 Å². The number of piperidine rings is 1. The van der Waals surface area contributed by atoms with Gasteiger partial charge in [-0.1, -0.05) is 0 Å². The fourth-order valence-electron chi connectivity index (χ4n) is 2.71. The van der Waals surface area contributed by atoms with Crippen molar-refractivity contribution in [2.75, 3.05) is 13.1 Å². The fourth-order valence-corrected chi connectivity index (χ4v) is 3.50. The van der Waals surface area contributed by atoms with E-state index in [-0.39, 0.29) is 31.6 Å². The van der Waals surface area contributed by atoms with Crippen LogP contribution in [-0.2, 0) is 11.3 Å². The van der Waals surface area contributed by atoms with Gasteiger partial charge in [-0.3, -0.25) is 14.2 Å². The van der Waals surface area contributed by atoms with Gasteiger partial charge in [-0.05, 0) is 24.3 Å². The normalized spacial score (nSPS) is 19.3. The minimum Gasteiger partial charge on any atom is -0.341 e. The molecule has 23 heavy (non-hydrogen) atoms. The zero-order valence-corrected chi connectivity index (χ0v) is 12.9. The van der Waals surface area contributed by atoms with Gasteiger partial charge in [0, 0.05) is 13.1 Å². The van der Waals surface area contributed by atoms with Crippen LogP contribution < -0.4 is 5.56 Å². The summed E-state index contributed by atoms with van der Waals surface area (Å²) >= 11 is 1.23. The van der Waals surface area contributed by atoms with Crippen LogP contribution in [0.1, 0.15) is 12.8 Å². The Morgan fingerprint density at radius 1 is 1.43 bits per heavy atom. The van der Waals surface area contributed by atoms with Crippen molar-refractivity contribution in [2.45, 2.75) is 25.6 Å². The molecule has 0 N–H and O–H groups in total. The molecule has 0 radical (unpaired) electrons. The third-order valence-corrected chi connectivity index (χ3v) is 4.87. The van der Waals surface area contributed by atoms with Crippen LogP contribution in [0.2, 0.25) is 0 Å². The summed E-state index contributed by atoms with van der Waals surface area (Å²) in [6, 6.07) is 1.70. The number of carbonyl (C=O) groups is 1. The van der Waals surface area contributed by atoms with E-state index in [1.807, 2.05) is 0 Å². The largest absolute Gasteiger partial charge is 0.393 e. The molecule has 0 aliphatic carbocycles. The van der Waals surface area contributed by atoms with Crippen LogP contribution in [-0.4, -0.2) is 39.6 Å². The van der Waals surface area contributed by atoms with E-state index in [1.54, 1.807) is 11.4 Å². The Morgan fingerprint density at radius 2 is 2.22 bits per heavy atom. The summed E-state index contributed by atoms with van der Waals surface area (Å²) in [4.78, 5) is 29.7. The second kappa shape index (κ2) is 5.95. The highest BCUT2D eigenvalue weighted by molar-refractivity contribution is 7.17. The first-order chi connectivity index (χ1) is 10.9. The molecule has 1 aliphatic rings. The van der Waals surface area contributed by atoms with Gasteiger partial charge in [0.2, 0.25) is 5.91 Å². The third kappa shape index (κ3) is 3.24. The molecule has 2 aromatic rings. The van der Waals surface area contributed by atoms with Crippen LogP contribution in [0.5, 0.6) is 0 Å². The van der Waals surface area contributed by atoms with Gasteiger partial charge in [-0.25, -0.2) is 4.98 Å². The minimum absolute atomic E-state index is 0.0376. The summed E-state index contributed by atoms with van der Waals surface area (Å²) in [6.07, 6.45) is -2.68. The maximum atomic E-state index is 12.8. The summed E-state index contributed by atoms with van der Waals surface area (Å²) in [5, 5.41) is 1.73. The van der Waals surface area contributed by atoms with Crippen LogP contribution in [0.15, 0.2) is 22.6 Å². The van der Waals surface area contributed by atoms with Gasteiger partial charge in [-0.2, -0.15) is 13.2 Å². The summed E-state index contributed by atoms with van der Waals surface area (Å²) < 4.78 is 40.0. The lowest BCUT2D eigenvalue weighted by molar-refractivity contribution is -0.188. The summed E-state index contributed by atoms with van der Waals surface area (Å²) in [6.45, 7) is -0.342. The summed E-state index contributed by atoms with van der Waals surface area (Å²) in [5.74, 6) is -1.98. The van der Waals surface area contributed by atoms with E-state index in [4.69, 9.17) is 0 Å². The number of carbonyl (C=O) groups excluding carboxylic acids is 1. The van der Waals surface area contributed by atoms with Gasteiger partial charge in [0.25, 0.3) is 5.56 Å². The highest BCUT2D eigenvalue weighted by atomic mass is 32.1. The van der Waals surface area contributed by atoms with Crippen molar-refractivity contribution >= 4 is 27.5 Å². The van der Waals surface area contributed by atoms with E-state index in [1.165, 1.54) is 22.6 Å². The quantitative estimate of drug-likeness (QED) is 0.839. The van der Waals surface area contributed by atoms with Crippen molar-refractivity contribution in [3.05, 3.63) is 28.1 Å². The molecule has 3 heterocycles. The second-order valence-corrected chi connectivity index (χ2v) is 6.45. The maximum Gasteiger partial charge on any atom is 0.393 e. The zero-order valence-electron chi connectivity index (χ0n) is 12.0. The number of aromatic nitrogens is 2. The van der Waals surface area contributed by atoms with Gasteiger partial charge in [0.05, 0.1) is 17.8 Å². The number of nitrogens with zero attached hydrogens (tertiary/aromatic N) is 3. The van der Waals surface area contributed by atoms with Crippen molar-refractivity contribution in [1.29, 1.82) is 0 Å². The van der Waals surface area contributed by atoms with Crippen molar-refractivity contribution in [3.63, 3.8) is 0 Å². The Balaban J connectivity index is 1.75. The van der Waals surface area contributed by atoms with E-state index < -0.39 is 18.0 Å². The van der Waals surface area contributed by atoms with Gasteiger partial charge in [-0.15, -0.1) is 11.3 Å². The number of rotatable bonds is 2.